The standard InChI is InChI=1S/C48H34N4O.Pt/c1-29-11-9-12-30(2)45(29)33-25-40(46-31(3)13-10-14-32(46)4)47-38-21-19-34(27-39(38)48-50-23-24-51(48)43(47)26-33)53-35-18-20-37-36-15-5-6-16-41(36)52(42(37)28-35)44-17-7-8-22-49-44;/h5-26H,1-4H3;/q-2;+2. The van der Waals surface area contributed by atoms with Gasteiger partial charge in [0.25, 0.3) is 0 Å². The molecule has 0 unspecified atom stereocenters. The second-order valence-electron chi connectivity index (χ2n) is 13.9. The maximum Gasteiger partial charge on any atom is 2.00 e. The fourth-order valence-corrected chi connectivity index (χ4v) is 8.33. The van der Waals surface area contributed by atoms with E-state index >= 15 is 0 Å². The van der Waals surface area contributed by atoms with Gasteiger partial charge in [0.05, 0.1) is 5.65 Å². The summed E-state index contributed by atoms with van der Waals surface area (Å²) in [4.78, 5) is 9.56. The van der Waals surface area contributed by atoms with E-state index in [0.717, 1.165) is 54.9 Å². The molecule has 0 atom stereocenters. The smallest absolute Gasteiger partial charge is 0.503 e. The minimum absolute atomic E-state index is 0. The Morgan fingerprint density at radius 1 is 0.574 bits per heavy atom. The molecule has 6 aromatic carbocycles. The Balaban J connectivity index is 0.00000384. The van der Waals surface area contributed by atoms with Gasteiger partial charge >= 0.3 is 21.1 Å². The zero-order valence-electron chi connectivity index (χ0n) is 30.2. The zero-order valence-corrected chi connectivity index (χ0v) is 32.5. The van der Waals surface area contributed by atoms with Crippen molar-refractivity contribution in [2.45, 2.75) is 27.7 Å². The summed E-state index contributed by atoms with van der Waals surface area (Å²) in [6, 6.07) is 47.6. The van der Waals surface area contributed by atoms with Crippen molar-refractivity contribution >= 4 is 49.1 Å². The Hall–Kier alpha value is -6.03. The number of para-hydroxylation sites is 1. The minimum Gasteiger partial charge on any atom is -0.503 e. The largest absolute Gasteiger partial charge is 2.00 e. The Kier molecular flexibility index (Phi) is 8.21. The van der Waals surface area contributed by atoms with E-state index in [2.05, 4.69) is 145 Å². The topological polar surface area (TPSA) is 44.3 Å². The molecule has 0 aliphatic carbocycles. The molecule has 10 rings (SSSR count). The number of imidazole rings is 1. The Bertz CT molecular complexity index is 3050. The van der Waals surface area contributed by atoms with E-state index in [1.165, 1.54) is 44.5 Å². The molecule has 4 heterocycles. The van der Waals surface area contributed by atoms with Gasteiger partial charge in [0.15, 0.2) is 0 Å². The number of pyridine rings is 2. The number of benzene rings is 6. The molecule has 4 aromatic heterocycles. The molecule has 54 heavy (non-hydrogen) atoms. The summed E-state index contributed by atoms with van der Waals surface area (Å²) >= 11 is 0. The molecular formula is C48H34N4OPt. The van der Waals surface area contributed by atoms with Crippen molar-refractivity contribution in [1.82, 2.24) is 18.9 Å². The third-order valence-corrected chi connectivity index (χ3v) is 10.6. The summed E-state index contributed by atoms with van der Waals surface area (Å²) in [6.07, 6.45) is 5.74. The fourth-order valence-electron chi connectivity index (χ4n) is 8.33. The van der Waals surface area contributed by atoms with E-state index in [-0.39, 0.29) is 21.1 Å². The molecule has 0 fully saturated rings. The molecule has 0 bridgehead atoms. The molecule has 0 aliphatic rings. The van der Waals surface area contributed by atoms with Crippen molar-refractivity contribution in [3.05, 3.63) is 168 Å². The number of aromatic nitrogens is 4. The summed E-state index contributed by atoms with van der Waals surface area (Å²) < 4.78 is 10.9. The van der Waals surface area contributed by atoms with Gasteiger partial charge in [0.1, 0.15) is 5.82 Å². The fraction of sp³-hybridized carbons (Fsp3) is 0.0833. The number of hydrogen-bond acceptors (Lipinski definition) is 3. The van der Waals surface area contributed by atoms with Crippen molar-refractivity contribution in [1.29, 1.82) is 0 Å². The van der Waals surface area contributed by atoms with Gasteiger partial charge < -0.3 is 13.7 Å². The number of aryl methyl sites for hydroxylation is 4. The number of ether oxygens (including phenoxy) is 1. The maximum absolute atomic E-state index is 6.59. The van der Waals surface area contributed by atoms with Crippen LogP contribution in [0.15, 0.2) is 134 Å². The van der Waals surface area contributed by atoms with Gasteiger partial charge in [-0.3, -0.25) is 4.98 Å². The van der Waals surface area contributed by atoms with Crippen molar-refractivity contribution in [3.63, 3.8) is 0 Å². The molecule has 0 saturated heterocycles. The van der Waals surface area contributed by atoms with Crippen LogP contribution in [0.2, 0.25) is 0 Å². The number of fused-ring (bicyclic) bond motifs is 9. The van der Waals surface area contributed by atoms with Gasteiger partial charge in [-0.15, -0.1) is 29.7 Å². The van der Waals surface area contributed by atoms with Crippen LogP contribution in [0.4, 0.5) is 0 Å². The first kappa shape index (κ1) is 33.8. The quantitative estimate of drug-likeness (QED) is 0.128. The Morgan fingerprint density at radius 2 is 1.26 bits per heavy atom. The average Bonchev–Trinajstić information content (AvgIpc) is 3.79. The van der Waals surface area contributed by atoms with Crippen LogP contribution in [0, 0.1) is 39.8 Å². The molecule has 6 heteroatoms. The van der Waals surface area contributed by atoms with Crippen molar-refractivity contribution in [2.24, 2.45) is 0 Å². The molecule has 10 aromatic rings. The summed E-state index contributed by atoms with van der Waals surface area (Å²) in [5.41, 5.74) is 13.8. The van der Waals surface area contributed by atoms with E-state index in [4.69, 9.17) is 9.72 Å². The van der Waals surface area contributed by atoms with Crippen LogP contribution >= 0.6 is 0 Å². The van der Waals surface area contributed by atoms with E-state index in [9.17, 15) is 0 Å². The van der Waals surface area contributed by atoms with Gasteiger partial charge in [-0.1, -0.05) is 83.0 Å². The van der Waals surface area contributed by atoms with Crippen LogP contribution in [0.3, 0.4) is 0 Å². The molecule has 0 amide bonds. The van der Waals surface area contributed by atoms with E-state index in [0.29, 0.717) is 11.5 Å². The molecule has 0 aliphatic heterocycles. The number of hydrogen-bond donors (Lipinski definition) is 0. The van der Waals surface area contributed by atoms with Gasteiger partial charge in [-0.2, -0.15) is 6.07 Å². The zero-order chi connectivity index (χ0) is 35.8. The summed E-state index contributed by atoms with van der Waals surface area (Å²) in [5.74, 6) is 2.03. The van der Waals surface area contributed by atoms with Gasteiger partial charge in [-0.05, 0) is 113 Å². The summed E-state index contributed by atoms with van der Waals surface area (Å²) in [6.45, 7) is 8.80. The van der Waals surface area contributed by atoms with Crippen LogP contribution in [-0.4, -0.2) is 18.9 Å². The minimum atomic E-state index is 0. The molecule has 0 saturated carbocycles. The molecule has 262 valence electrons. The van der Waals surface area contributed by atoms with Crippen LogP contribution in [0.1, 0.15) is 22.3 Å². The van der Waals surface area contributed by atoms with Crippen LogP contribution in [0.25, 0.3) is 77.2 Å². The summed E-state index contributed by atoms with van der Waals surface area (Å²) in [7, 11) is 0. The van der Waals surface area contributed by atoms with E-state index < -0.39 is 0 Å². The first-order chi connectivity index (χ1) is 25.9. The Morgan fingerprint density at radius 3 is 2.00 bits per heavy atom. The van der Waals surface area contributed by atoms with Gasteiger partial charge in [0, 0.05) is 41.1 Å². The predicted molar refractivity (Wildman–Crippen MR) is 216 cm³/mol. The van der Waals surface area contributed by atoms with Gasteiger partial charge in [0.2, 0.25) is 0 Å². The average molecular weight is 878 g/mol. The van der Waals surface area contributed by atoms with Crippen molar-refractivity contribution in [3.8, 4) is 39.6 Å². The first-order valence-electron chi connectivity index (χ1n) is 17.9. The normalized spacial score (nSPS) is 11.6. The molecule has 5 nitrogen and oxygen atoms in total. The molecule has 0 radical (unpaired) electrons. The second-order valence-corrected chi connectivity index (χ2v) is 13.9. The molecular weight excluding hydrogens is 844 g/mol. The van der Waals surface area contributed by atoms with E-state index in [1.54, 1.807) is 0 Å². The SMILES string of the molecule is Cc1cccc(C)c1-c1cc(-c2c(C)cccc2C)c2c3ccc(Oc4[c-]c5c(cc4)c4ccccc4n5-c4ccccn4)[c-]c3c3nccn3c2c1.[Pt+2]. The van der Waals surface area contributed by atoms with Crippen molar-refractivity contribution < 1.29 is 25.8 Å². The van der Waals surface area contributed by atoms with Crippen LogP contribution < -0.4 is 4.74 Å². The Labute approximate surface area is 327 Å². The first-order valence-corrected chi connectivity index (χ1v) is 17.9. The third kappa shape index (κ3) is 5.26. The molecule has 0 N–H and O–H groups in total. The van der Waals surface area contributed by atoms with Crippen molar-refractivity contribution in [2.75, 3.05) is 0 Å². The van der Waals surface area contributed by atoms with Gasteiger partial charge in [-0.25, -0.2) is 4.98 Å². The van der Waals surface area contributed by atoms with E-state index in [1.807, 2.05) is 42.7 Å². The molecule has 0 spiro atoms. The second kappa shape index (κ2) is 13.1. The van der Waals surface area contributed by atoms with Crippen LogP contribution in [0.5, 0.6) is 11.5 Å². The predicted octanol–water partition coefficient (Wildman–Crippen LogP) is 12.1. The number of rotatable bonds is 5. The monoisotopic (exact) mass is 877 g/mol. The van der Waals surface area contributed by atoms with Crippen LogP contribution in [-0.2, 0) is 21.1 Å². The maximum atomic E-state index is 6.59. The summed E-state index contributed by atoms with van der Waals surface area (Å²) in [5, 5.41) is 5.36. The third-order valence-electron chi connectivity index (χ3n) is 10.6. The number of nitrogens with zero attached hydrogens (tertiary/aromatic N) is 4.